The maximum atomic E-state index is 6.07. The Labute approximate surface area is 151 Å². The highest BCUT2D eigenvalue weighted by atomic mass is 35.5. The van der Waals surface area contributed by atoms with Gasteiger partial charge in [0.25, 0.3) is 0 Å². The van der Waals surface area contributed by atoms with Gasteiger partial charge in [0.1, 0.15) is 0 Å². The normalized spacial score (nSPS) is 10.4. The number of nitrogens with one attached hydrogen (secondary N) is 2. The van der Waals surface area contributed by atoms with Crippen molar-refractivity contribution >= 4 is 46.2 Å². The quantitative estimate of drug-likeness (QED) is 0.608. The van der Waals surface area contributed by atoms with Crippen LogP contribution in [0.3, 0.4) is 0 Å². The molecular formula is C16H18Cl2N4S. The number of halogens is 2. The van der Waals surface area contributed by atoms with Crippen molar-refractivity contribution in [1.29, 1.82) is 0 Å². The zero-order chi connectivity index (χ0) is 17.0. The number of thiocarbonyl (C=S) groups is 1. The molecule has 2 rings (SSSR count). The minimum absolute atomic E-state index is 0.541. The second-order valence-corrected chi connectivity index (χ2v) is 6.30. The highest BCUT2D eigenvalue weighted by Gasteiger charge is 2.13. The molecule has 7 heteroatoms. The molecule has 0 atom stereocenters. The van der Waals surface area contributed by atoms with Crippen LogP contribution in [0.5, 0.6) is 0 Å². The monoisotopic (exact) mass is 368 g/mol. The summed E-state index contributed by atoms with van der Waals surface area (Å²) >= 11 is 17.3. The second-order valence-electron chi connectivity index (χ2n) is 5.08. The lowest BCUT2D eigenvalue weighted by Crippen LogP contribution is -2.28. The molecule has 4 nitrogen and oxygen atoms in total. The average molecular weight is 369 g/mol. The molecule has 0 amide bonds. The zero-order valence-corrected chi connectivity index (χ0v) is 15.3. The molecule has 0 bridgehead atoms. The first-order chi connectivity index (χ1) is 10.9. The number of hydrogen-bond acceptors (Lipinski definition) is 2. The van der Waals surface area contributed by atoms with Gasteiger partial charge in [0.2, 0.25) is 0 Å². The summed E-state index contributed by atoms with van der Waals surface area (Å²) in [5.41, 5.74) is 3.82. The molecule has 0 unspecified atom stereocenters. The number of aryl methyl sites for hydroxylation is 1. The van der Waals surface area contributed by atoms with Crippen molar-refractivity contribution in [2.75, 3.05) is 11.9 Å². The Morgan fingerprint density at radius 3 is 2.74 bits per heavy atom. The van der Waals surface area contributed by atoms with E-state index < -0.39 is 0 Å². The molecule has 1 aromatic heterocycles. The first-order valence-corrected chi connectivity index (χ1v) is 8.22. The lowest BCUT2D eigenvalue weighted by atomic mass is 10.2. The molecule has 0 spiro atoms. The standard InChI is InChI=1S/C16H18Cl2N4S/c1-4-7-19-16(23)20-15-10(2)21-22(11(15)3)9-12-5-6-13(17)14(18)8-12/h4-6,8H,1,7,9H2,2-3H3,(H2,19,20,23). The Morgan fingerprint density at radius 1 is 1.35 bits per heavy atom. The molecule has 0 saturated heterocycles. The summed E-state index contributed by atoms with van der Waals surface area (Å²) in [6, 6.07) is 5.58. The van der Waals surface area contributed by atoms with E-state index in [2.05, 4.69) is 22.3 Å². The summed E-state index contributed by atoms with van der Waals surface area (Å²) in [5.74, 6) is 0. The van der Waals surface area contributed by atoms with E-state index in [1.165, 1.54) is 0 Å². The number of aromatic nitrogens is 2. The van der Waals surface area contributed by atoms with Gasteiger partial charge in [-0.3, -0.25) is 4.68 Å². The summed E-state index contributed by atoms with van der Waals surface area (Å²) < 4.78 is 1.91. The third-order valence-electron chi connectivity index (χ3n) is 3.34. The van der Waals surface area contributed by atoms with Crippen LogP contribution in [-0.2, 0) is 6.54 Å². The number of hydrogen-bond donors (Lipinski definition) is 2. The fourth-order valence-electron chi connectivity index (χ4n) is 2.17. The van der Waals surface area contributed by atoms with E-state index in [0.29, 0.717) is 28.2 Å². The molecule has 23 heavy (non-hydrogen) atoms. The predicted molar refractivity (Wildman–Crippen MR) is 102 cm³/mol. The zero-order valence-electron chi connectivity index (χ0n) is 13.0. The van der Waals surface area contributed by atoms with Crippen molar-refractivity contribution in [3.8, 4) is 0 Å². The lowest BCUT2D eigenvalue weighted by molar-refractivity contribution is 0.659. The summed E-state index contributed by atoms with van der Waals surface area (Å²) in [6.07, 6.45) is 1.75. The molecule has 0 aliphatic heterocycles. The van der Waals surface area contributed by atoms with Crippen LogP contribution in [0.15, 0.2) is 30.9 Å². The fraction of sp³-hybridized carbons (Fsp3) is 0.250. The molecule has 0 saturated carbocycles. The van der Waals surface area contributed by atoms with Crippen LogP contribution in [0.1, 0.15) is 17.0 Å². The van der Waals surface area contributed by atoms with Gasteiger partial charge < -0.3 is 10.6 Å². The topological polar surface area (TPSA) is 41.9 Å². The van der Waals surface area contributed by atoms with E-state index in [4.69, 9.17) is 35.4 Å². The maximum Gasteiger partial charge on any atom is 0.171 e. The van der Waals surface area contributed by atoms with Gasteiger partial charge in [0, 0.05) is 6.54 Å². The number of rotatable bonds is 5. The van der Waals surface area contributed by atoms with Crippen molar-refractivity contribution in [3.05, 3.63) is 57.9 Å². The molecule has 0 fully saturated rings. The van der Waals surface area contributed by atoms with E-state index in [0.717, 1.165) is 22.6 Å². The van der Waals surface area contributed by atoms with Crippen molar-refractivity contribution in [3.63, 3.8) is 0 Å². The van der Waals surface area contributed by atoms with Gasteiger partial charge in [-0.2, -0.15) is 5.10 Å². The Balaban J connectivity index is 2.18. The van der Waals surface area contributed by atoms with Gasteiger partial charge in [-0.25, -0.2) is 0 Å². The van der Waals surface area contributed by atoms with Crippen LogP contribution in [0, 0.1) is 13.8 Å². The van der Waals surface area contributed by atoms with Crippen molar-refractivity contribution < 1.29 is 0 Å². The van der Waals surface area contributed by atoms with Crippen molar-refractivity contribution in [2.24, 2.45) is 0 Å². The lowest BCUT2D eigenvalue weighted by Gasteiger charge is -2.10. The van der Waals surface area contributed by atoms with Crippen LogP contribution in [0.2, 0.25) is 10.0 Å². The summed E-state index contributed by atoms with van der Waals surface area (Å²) in [7, 11) is 0. The van der Waals surface area contributed by atoms with Gasteiger partial charge in [-0.15, -0.1) is 6.58 Å². The molecule has 1 aromatic carbocycles. The number of anilines is 1. The van der Waals surface area contributed by atoms with Gasteiger partial charge >= 0.3 is 0 Å². The largest absolute Gasteiger partial charge is 0.359 e. The van der Waals surface area contributed by atoms with Crippen LogP contribution < -0.4 is 10.6 Å². The first kappa shape index (κ1) is 17.8. The Bertz CT molecular complexity index is 740. The van der Waals surface area contributed by atoms with E-state index in [1.54, 1.807) is 12.1 Å². The third kappa shape index (κ3) is 4.47. The Kier molecular flexibility index (Phi) is 6.04. The molecule has 122 valence electrons. The summed E-state index contributed by atoms with van der Waals surface area (Å²) in [4.78, 5) is 0. The minimum atomic E-state index is 0.541. The van der Waals surface area contributed by atoms with Crippen LogP contribution in [0.25, 0.3) is 0 Å². The highest BCUT2D eigenvalue weighted by molar-refractivity contribution is 7.80. The highest BCUT2D eigenvalue weighted by Crippen LogP contribution is 2.24. The summed E-state index contributed by atoms with van der Waals surface area (Å²) in [5, 5.41) is 12.4. The minimum Gasteiger partial charge on any atom is -0.359 e. The van der Waals surface area contributed by atoms with Gasteiger partial charge in [0.15, 0.2) is 5.11 Å². The van der Waals surface area contributed by atoms with Crippen LogP contribution in [0.4, 0.5) is 5.69 Å². The number of nitrogens with zero attached hydrogens (tertiary/aromatic N) is 2. The SMILES string of the molecule is C=CCNC(=S)Nc1c(C)nn(Cc2ccc(Cl)c(Cl)c2)c1C. The molecule has 2 N–H and O–H groups in total. The van der Waals surface area contributed by atoms with E-state index in [1.807, 2.05) is 30.7 Å². The smallest absolute Gasteiger partial charge is 0.171 e. The van der Waals surface area contributed by atoms with E-state index in [-0.39, 0.29) is 0 Å². The van der Waals surface area contributed by atoms with E-state index >= 15 is 0 Å². The second kappa shape index (κ2) is 7.81. The van der Waals surface area contributed by atoms with Crippen molar-refractivity contribution in [2.45, 2.75) is 20.4 Å². The average Bonchev–Trinajstić information content (AvgIpc) is 2.76. The molecule has 0 aliphatic rings. The number of benzene rings is 1. The Hall–Kier alpha value is -1.56. The molecule has 0 radical (unpaired) electrons. The van der Waals surface area contributed by atoms with Gasteiger partial charge in [-0.1, -0.05) is 35.3 Å². The van der Waals surface area contributed by atoms with Crippen molar-refractivity contribution in [1.82, 2.24) is 15.1 Å². The predicted octanol–water partition coefficient (Wildman–Crippen LogP) is 4.33. The molecule has 0 aliphatic carbocycles. The third-order valence-corrected chi connectivity index (χ3v) is 4.33. The molecule has 2 aromatic rings. The first-order valence-electron chi connectivity index (χ1n) is 7.06. The van der Waals surface area contributed by atoms with Gasteiger partial charge in [0.05, 0.1) is 33.7 Å². The van der Waals surface area contributed by atoms with Crippen LogP contribution in [-0.4, -0.2) is 21.4 Å². The van der Waals surface area contributed by atoms with E-state index in [9.17, 15) is 0 Å². The fourth-order valence-corrected chi connectivity index (χ4v) is 2.67. The molecular weight excluding hydrogens is 351 g/mol. The molecule has 1 heterocycles. The summed E-state index contributed by atoms with van der Waals surface area (Å²) in [6.45, 7) is 8.81. The van der Waals surface area contributed by atoms with Gasteiger partial charge in [-0.05, 0) is 43.8 Å². The maximum absolute atomic E-state index is 6.07. The van der Waals surface area contributed by atoms with Crippen LogP contribution >= 0.6 is 35.4 Å². The Morgan fingerprint density at radius 2 is 2.09 bits per heavy atom.